The number of sulfone groups is 1. The van der Waals surface area contributed by atoms with Gasteiger partial charge in [0.15, 0.2) is 27.2 Å². The molecular formula is C40H40FN3O7S. The summed E-state index contributed by atoms with van der Waals surface area (Å²) in [5.41, 5.74) is 1.92. The van der Waals surface area contributed by atoms with Crippen LogP contribution in [0.2, 0.25) is 0 Å². The number of carbonyl (C=O) groups excluding carboxylic acids is 1. The summed E-state index contributed by atoms with van der Waals surface area (Å²) in [6.07, 6.45) is 2.61. The van der Waals surface area contributed by atoms with Gasteiger partial charge in [-0.25, -0.2) is 17.5 Å². The van der Waals surface area contributed by atoms with E-state index in [9.17, 15) is 23.1 Å². The number of aromatic nitrogens is 3. The molecular weight excluding hydrogens is 686 g/mol. The van der Waals surface area contributed by atoms with Crippen molar-refractivity contribution in [1.82, 2.24) is 14.3 Å². The van der Waals surface area contributed by atoms with E-state index in [1.54, 1.807) is 105 Å². The highest BCUT2D eigenvalue weighted by Crippen LogP contribution is 2.32. The fraction of sp³-hybridized carbons (Fsp3) is 0.225. The van der Waals surface area contributed by atoms with Gasteiger partial charge in [-0.2, -0.15) is 0 Å². The predicted molar refractivity (Wildman–Crippen MR) is 198 cm³/mol. The number of hydrogen-bond acceptors (Lipinski definition) is 8. The Hall–Kier alpha value is -5.59. The van der Waals surface area contributed by atoms with Gasteiger partial charge in [0.2, 0.25) is 0 Å². The maximum Gasteiger partial charge on any atom is 0.282 e. The molecule has 0 aliphatic carbocycles. The number of nitrogens with zero attached hydrogens (tertiary/aromatic N) is 3. The number of halogens is 1. The van der Waals surface area contributed by atoms with Crippen molar-refractivity contribution >= 4 is 26.5 Å². The molecule has 0 fully saturated rings. The first kappa shape index (κ1) is 37.7. The highest BCUT2D eigenvalue weighted by Gasteiger charge is 2.23. The number of Topliss-reactive ketones (excluding diaryl/α,β-unsaturated/α-hetero) is 1. The largest absolute Gasteiger partial charge is 0.491 e. The van der Waals surface area contributed by atoms with Crippen LogP contribution in [0.25, 0.3) is 16.6 Å². The summed E-state index contributed by atoms with van der Waals surface area (Å²) in [4.78, 5) is 31.1. The minimum absolute atomic E-state index is 0.0154. The summed E-state index contributed by atoms with van der Waals surface area (Å²) in [5, 5.41) is 10.5. The Morgan fingerprint density at radius 2 is 1.62 bits per heavy atom. The van der Waals surface area contributed by atoms with E-state index in [-0.39, 0.29) is 24.3 Å². The molecule has 2 heterocycles. The second-order valence-corrected chi connectivity index (χ2v) is 15.1. The van der Waals surface area contributed by atoms with Crippen LogP contribution in [0.4, 0.5) is 4.39 Å². The third kappa shape index (κ3) is 9.00. The van der Waals surface area contributed by atoms with Crippen LogP contribution >= 0.6 is 0 Å². The number of fused-ring (bicyclic) bond motifs is 1. The summed E-state index contributed by atoms with van der Waals surface area (Å²) in [7, 11) is -1.30. The SMILES string of the molecule is Cc1c(C(=O)Cc2ccc(Oc3ccnc4cc(OCC(C)(C)O)ccc34)c(F)c2)c(=O)n(-c2ccccc2)n1C.Cc1ccc(S(C)(=O)=O)cc1. The molecule has 270 valence electrons. The average Bonchev–Trinajstić information content (AvgIpc) is 3.31. The second-order valence-electron chi connectivity index (χ2n) is 13.1. The van der Waals surface area contributed by atoms with Gasteiger partial charge in [-0.15, -0.1) is 0 Å². The maximum absolute atomic E-state index is 15.1. The number of ketones is 1. The summed E-state index contributed by atoms with van der Waals surface area (Å²) < 4.78 is 51.7. The van der Waals surface area contributed by atoms with Gasteiger partial charge in [0.05, 0.1) is 21.7 Å². The van der Waals surface area contributed by atoms with E-state index in [1.807, 2.05) is 25.1 Å². The topological polar surface area (TPSA) is 130 Å². The molecule has 2 aromatic heterocycles. The molecule has 0 bridgehead atoms. The smallest absolute Gasteiger partial charge is 0.282 e. The molecule has 0 atom stereocenters. The van der Waals surface area contributed by atoms with Crippen LogP contribution in [0.15, 0.2) is 113 Å². The molecule has 10 nitrogen and oxygen atoms in total. The van der Waals surface area contributed by atoms with Crippen molar-refractivity contribution in [3.63, 3.8) is 0 Å². The summed E-state index contributed by atoms with van der Waals surface area (Å²) in [6, 6.07) is 27.0. The van der Waals surface area contributed by atoms with E-state index in [1.165, 1.54) is 23.1 Å². The van der Waals surface area contributed by atoms with E-state index in [0.29, 0.717) is 44.2 Å². The molecule has 0 unspecified atom stereocenters. The molecule has 0 saturated heterocycles. The predicted octanol–water partition coefficient (Wildman–Crippen LogP) is 6.94. The minimum Gasteiger partial charge on any atom is -0.491 e. The molecule has 0 saturated carbocycles. The Kier molecular flexibility index (Phi) is 11.1. The summed E-state index contributed by atoms with van der Waals surface area (Å²) >= 11 is 0. The van der Waals surface area contributed by atoms with Gasteiger partial charge in [0, 0.05) is 43.1 Å². The molecule has 0 aliphatic rings. The number of aliphatic hydroxyl groups is 1. The van der Waals surface area contributed by atoms with Crippen LogP contribution in [0.3, 0.4) is 0 Å². The monoisotopic (exact) mass is 725 g/mol. The van der Waals surface area contributed by atoms with Gasteiger partial charge in [-0.1, -0.05) is 42.0 Å². The van der Waals surface area contributed by atoms with E-state index >= 15 is 4.39 Å². The van der Waals surface area contributed by atoms with Crippen molar-refractivity contribution in [1.29, 1.82) is 0 Å². The van der Waals surface area contributed by atoms with Crippen molar-refractivity contribution < 1.29 is 32.2 Å². The zero-order valence-electron chi connectivity index (χ0n) is 29.8. The van der Waals surface area contributed by atoms with Gasteiger partial charge in [0.1, 0.15) is 23.7 Å². The number of aryl methyl sites for hydroxylation is 1. The second kappa shape index (κ2) is 15.3. The maximum atomic E-state index is 15.1. The molecule has 1 N–H and O–H groups in total. The lowest BCUT2D eigenvalue weighted by Crippen LogP contribution is -2.27. The van der Waals surface area contributed by atoms with Gasteiger partial charge in [-0.05, 0) is 87.9 Å². The molecule has 4 aromatic carbocycles. The third-order valence-electron chi connectivity index (χ3n) is 8.13. The molecule has 0 spiro atoms. The van der Waals surface area contributed by atoms with Gasteiger partial charge in [0.25, 0.3) is 5.56 Å². The van der Waals surface area contributed by atoms with Crippen LogP contribution in [-0.4, -0.2) is 52.1 Å². The first-order chi connectivity index (χ1) is 24.5. The van der Waals surface area contributed by atoms with Crippen molar-refractivity contribution in [2.24, 2.45) is 7.05 Å². The van der Waals surface area contributed by atoms with Crippen molar-refractivity contribution in [2.75, 3.05) is 12.9 Å². The lowest BCUT2D eigenvalue weighted by atomic mass is 10.0. The third-order valence-corrected chi connectivity index (χ3v) is 9.26. The fourth-order valence-corrected chi connectivity index (χ4v) is 5.98. The Morgan fingerprint density at radius 3 is 2.25 bits per heavy atom. The van der Waals surface area contributed by atoms with Crippen molar-refractivity contribution in [3.05, 3.63) is 142 Å². The van der Waals surface area contributed by atoms with Crippen LogP contribution in [0.5, 0.6) is 17.2 Å². The van der Waals surface area contributed by atoms with Gasteiger partial charge in [-0.3, -0.25) is 19.3 Å². The van der Waals surface area contributed by atoms with Crippen LogP contribution in [-0.2, 0) is 23.3 Å². The average molecular weight is 726 g/mol. The van der Waals surface area contributed by atoms with Crippen LogP contribution < -0.4 is 15.0 Å². The molecule has 52 heavy (non-hydrogen) atoms. The van der Waals surface area contributed by atoms with E-state index in [2.05, 4.69) is 4.98 Å². The minimum atomic E-state index is -3.02. The van der Waals surface area contributed by atoms with Gasteiger partial charge >= 0.3 is 0 Å². The summed E-state index contributed by atoms with van der Waals surface area (Å²) in [6.45, 7) is 7.05. The number of hydrogen-bond donors (Lipinski definition) is 1. The van der Waals surface area contributed by atoms with Crippen LogP contribution in [0.1, 0.15) is 41.0 Å². The molecule has 6 aromatic rings. The van der Waals surface area contributed by atoms with Crippen LogP contribution in [0, 0.1) is 19.7 Å². The Bertz CT molecular complexity index is 2400. The molecule has 0 amide bonds. The highest BCUT2D eigenvalue weighted by molar-refractivity contribution is 7.90. The van der Waals surface area contributed by atoms with E-state index < -0.39 is 32.6 Å². The number of carbonyl (C=O) groups is 1. The Labute approximate surface area is 301 Å². The van der Waals surface area contributed by atoms with Crippen molar-refractivity contribution in [2.45, 2.75) is 44.6 Å². The standard InChI is InChI=1S/C32H30FN3O5.C8H10O2S/c1-20-30(31(38)36(35(20)4)22-8-6-5-7-9-22)27(37)17-21-10-13-29(25(33)16-21)41-28-14-15-34-26-18-23(11-12-24(26)28)40-19-32(2,3)39;1-7-3-5-8(6-4-7)11(2,9)10/h5-16,18,39H,17,19H2,1-4H3;3-6H,1-2H3. The molecule has 12 heteroatoms. The Balaban J connectivity index is 0.000000407. The number of benzene rings is 4. The highest BCUT2D eigenvalue weighted by atomic mass is 32.2. The lowest BCUT2D eigenvalue weighted by Gasteiger charge is -2.18. The molecule has 0 aliphatic heterocycles. The number of pyridine rings is 1. The van der Waals surface area contributed by atoms with Gasteiger partial charge < -0.3 is 14.6 Å². The fourth-order valence-electron chi connectivity index (χ4n) is 5.34. The van der Waals surface area contributed by atoms with E-state index in [4.69, 9.17) is 9.47 Å². The van der Waals surface area contributed by atoms with Crippen molar-refractivity contribution in [3.8, 4) is 22.9 Å². The zero-order chi connectivity index (χ0) is 37.8. The first-order valence-corrected chi connectivity index (χ1v) is 18.2. The molecule has 6 rings (SSSR count). The number of rotatable bonds is 10. The zero-order valence-corrected chi connectivity index (χ0v) is 30.6. The quantitative estimate of drug-likeness (QED) is 0.151. The molecule has 0 radical (unpaired) electrons. The normalized spacial score (nSPS) is 11.5. The lowest BCUT2D eigenvalue weighted by molar-refractivity contribution is 0.0285. The number of ether oxygens (including phenoxy) is 2. The summed E-state index contributed by atoms with van der Waals surface area (Å²) in [5.74, 6) is -0.120. The van der Waals surface area contributed by atoms with E-state index in [0.717, 1.165) is 5.56 Å². The first-order valence-electron chi connectivity index (χ1n) is 16.4. The Morgan fingerprint density at radius 1 is 0.923 bits per heavy atom. The number of para-hydroxylation sites is 1.